The second-order valence-electron chi connectivity index (χ2n) is 17.1. The molecule has 10 nitrogen and oxygen atoms in total. The lowest BCUT2D eigenvalue weighted by Gasteiger charge is -2.56. The Labute approximate surface area is 276 Å². The number of carbonyl (C=O) groups excluding carboxylic acids is 5. The number of likely N-dealkylation sites (tertiary alicyclic amines) is 1. The fourth-order valence-electron chi connectivity index (χ4n) is 11.2. The Bertz CT molecular complexity index is 1460. The molecule has 5 atom stereocenters. The highest BCUT2D eigenvalue weighted by Crippen LogP contribution is 2.65. The predicted octanol–water partition coefficient (Wildman–Crippen LogP) is 2.86. The smallest absolute Gasteiger partial charge is 0.315 e. The van der Waals surface area contributed by atoms with Gasteiger partial charge in [0.05, 0.1) is 6.04 Å². The minimum absolute atomic E-state index is 0.0704. The maximum Gasteiger partial charge on any atom is 0.315 e. The number of hydrogen-bond acceptors (Lipinski definition) is 5. The summed E-state index contributed by atoms with van der Waals surface area (Å²) in [5.41, 5.74) is 7.40. The van der Waals surface area contributed by atoms with Gasteiger partial charge in [0.25, 0.3) is 5.91 Å². The van der Waals surface area contributed by atoms with Gasteiger partial charge in [0.2, 0.25) is 17.6 Å². The molecule has 5 N–H and O–H groups in total. The van der Waals surface area contributed by atoms with Gasteiger partial charge in [-0.05, 0) is 116 Å². The molecule has 8 aliphatic rings. The number of Topliss-reactive ketones (excluding diaryl/α,β-unsaturated/α-hetero) is 1. The molecule has 252 valence electrons. The van der Waals surface area contributed by atoms with Crippen molar-refractivity contribution in [2.45, 2.75) is 108 Å². The standard InChI is InChI=1S/C37H49N5O5/c1-36(2)26-18-42(30(28(26)36)33(45)39-27(12-19-7-8-19)31(43)32(38)44)34(46)29(25-13-23-5-3-4-6-24(23)14-25)40-35(47)41-37-15-20-9-21(16-37)11-22(10-20)17-37/h3-6,19-22,25-30H,7-18H2,1-2H3,(H2,38,44)(H,39,45)(H2,40,41,47)/t20?,21?,22?,26?,27?,28?,29-,30-,37?/m0/s1. The largest absolute Gasteiger partial charge is 0.363 e. The highest BCUT2D eigenvalue weighted by atomic mass is 16.2. The second-order valence-corrected chi connectivity index (χ2v) is 17.1. The highest BCUT2D eigenvalue weighted by molar-refractivity contribution is 6.37. The molecular formula is C37H49N5O5. The number of ketones is 1. The molecule has 1 aliphatic heterocycles. The molecule has 4 bridgehead atoms. The van der Waals surface area contributed by atoms with E-state index in [1.165, 1.54) is 30.4 Å². The van der Waals surface area contributed by atoms with Gasteiger partial charge in [0.15, 0.2) is 0 Å². The van der Waals surface area contributed by atoms with Crippen molar-refractivity contribution in [3.05, 3.63) is 35.4 Å². The lowest BCUT2D eigenvalue weighted by molar-refractivity contribution is -0.144. The van der Waals surface area contributed by atoms with E-state index in [0.717, 1.165) is 32.1 Å². The normalized spacial score (nSPS) is 35.4. The summed E-state index contributed by atoms with van der Waals surface area (Å²) in [6.07, 6.45) is 10.5. The van der Waals surface area contributed by atoms with E-state index in [9.17, 15) is 24.0 Å². The molecule has 7 aliphatic carbocycles. The number of primary amides is 1. The molecule has 1 aromatic carbocycles. The third kappa shape index (κ3) is 5.53. The average molecular weight is 644 g/mol. The van der Waals surface area contributed by atoms with Crippen LogP contribution in [0.4, 0.5) is 4.79 Å². The van der Waals surface area contributed by atoms with Crippen LogP contribution in [0.5, 0.6) is 0 Å². The minimum atomic E-state index is -1.06. The Morgan fingerprint density at radius 2 is 1.51 bits per heavy atom. The third-order valence-electron chi connectivity index (χ3n) is 13.4. The van der Waals surface area contributed by atoms with Gasteiger partial charge in [0, 0.05) is 12.1 Å². The second kappa shape index (κ2) is 11.1. The van der Waals surface area contributed by atoms with Crippen LogP contribution in [0.2, 0.25) is 0 Å². The fraction of sp³-hybridized carbons (Fsp3) is 0.703. The number of hydrogen-bond donors (Lipinski definition) is 4. The topological polar surface area (TPSA) is 151 Å². The van der Waals surface area contributed by atoms with E-state index in [1.54, 1.807) is 4.90 Å². The summed E-state index contributed by atoms with van der Waals surface area (Å²) >= 11 is 0. The number of nitrogens with zero attached hydrogens (tertiary/aromatic N) is 1. The molecule has 9 rings (SSSR count). The molecule has 47 heavy (non-hydrogen) atoms. The predicted molar refractivity (Wildman–Crippen MR) is 173 cm³/mol. The number of rotatable bonds is 10. The average Bonchev–Trinajstić information content (AvgIpc) is 3.76. The minimum Gasteiger partial charge on any atom is -0.363 e. The summed E-state index contributed by atoms with van der Waals surface area (Å²) < 4.78 is 0. The maximum atomic E-state index is 14.8. The van der Waals surface area contributed by atoms with E-state index in [-0.39, 0.29) is 46.6 Å². The summed E-state index contributed by atoms with van der Waals surface area (Å²) in [6.45, 7) is 4.64. The van der Waals surface area contributed by atoms with Crippen LogP contribution >= 0.6 is 0 Å². The zero-order valence-corrected chi connectivity index (χ0v) is 27.6. The molecule has 0 spiro atoms. The van der Waals surface area contributed by atoms with Crippen molar-refractivity contribution in [2.24, 2.45) is 52.6 Å². The third-order valence-corrected chi connectivity index (χ3v) is 13.4. The Morgan fingerprint density at radius 3 is 2.06 bits per heavy atom. The van der Waals surface area contributed by atoms with Gasteiger partial charge < -0.3 is 26.6 Å². The SMILES string of the molecule is CC1(C)C2CN(C(=O)[C@@H](NC(=O)NC34CC5CC(CC(C5)C3)C4)C3Cc4ccccc4C3)[C@H](C(=O)NC(CC3CC3)C(=O)C(N)=O)C21. The van der Waals surface area contributed by atoms with Crippen molar-refractivity contribution >= 4 is 29.5 Å². The van der Waals surface area contributed by atoms with Crippen LogP contribution in [0.25, 0.3) is 0 Å². The number of carbonyl (C=O) groups is 5. The molecule has 6 saturated carbocycles. The van der Waals surface area contributed by atoms with Crippen LogP contribution in [0.15, 0.2) is 24.3 Å². The lowest BCUT2D eigenvalue weighted by atomic mass is 9.53. The Hall–Kier alpha value is -3.43. The van der Waals surface area contributed by atoms with Crippen molar-refractivity contribution in [2.75, 3.05) is 6.54 Å². The zero-order chi connectivity index (χ0) is 32.8. The first-order valence-corrected chi connectivity index (χ1v) is 18.0. The van der Waals surface area contributed by atoms with Crippen LogP contribution in [-0.2, 0) is 32.0 Å². The number of benzene rings is 1. The number of nitrogens with one attached hydrogen (secondary N) is 3. The summed E-state index contributed by atoms with van der Waals surface area (Å²) in [6, 6.07) is 5.32. The molecule has 3 unspecified atom stereocenters. The Morgan fingerprint density at radius 1 is 0.915 bits per heavy atom. The Balaban J connectivity index is 1.04. The van der Waals surface area contributed by atoms with Gasteiger partial charge in [-0.3, -0.25) is 19.2 Å². The molecule has 1 aromatic rings. The number of fused-ring (bicyclic) bond motifs is 2. The first kappa shape index (κ1) is 30.9. The van der Waals surface area contributed by atoms with Crippen molar-refractivity contribution < 1.29 is 24.0 Å². The number of urea groups is 1. The monoisotopic (exact) mass is 643 g/mol. The highest BCUT2D eigenvalue weighted by Gasteiger charge is 2.70. The van der Waals surface area contributed by atoms with E-state index in [2.05, 4.69) is 41.9 Å². The van der Waals surface area contributed by atoms with Crippen LogP contribution in [0.3, 0.4) is 0 Å². The quantitative estimate of drug-likeness (QED) is 0.289. The van der Waals surface area contributed by atoms with Gasteiger partial charge in [-0.25, -0.2) is 4.79 Å². The molecule has 0 aromatic heterocycles. The lowest BCUT2D eigenvalue weighted by Crippen LogP contribution is -2.64. The summed E-state index contributed by atoms with van der Waals surface area (Å²) in [5.74, 6) is -0.290. The number of piperidine rings is 1. The van der Waals surface area contributed by atoms with Crippen molar-refractivity contribution in [3.63, 3.8) is 0 Å². The first-order chi connectivity index (χ1) is 22.4. The van der Waals surface area contributed by atoms with E-state index in [4.69, 9.17) is 5.73 Å². The van der Waals surface area contributed by atoms with Gasteiger partial charge in [-0.1, -0.05) is 51.0 Å². The Kier molecular flexibility index (Phi) is 7.26. The molecule has 10 heteroatoms. The van der Waals surface area contributed by atoms with Crippen LogP contribution in [-0.4, -0.2) is 64.6 Å². The number of amides is 5. The first-order valence-electron chi connectivity index (χ1n) is 18.0. The molecule has 1 heterocycles. The van der Waals surface area contributed by atoms with Crippen molar-refractivity contribution in [1.29, 1.82) is 0 Å². The van der Waals surface area contributed by atoms with Gasteiger partial charge in [-0.2, -0.15) is 0 Å². The van der Waals surface area contributed by atoms with Crippen LogP contribution in [0.1, 0.15) is 82.8 Å². The maximum absolute atomic E-state index is 14.8. The van der Waals surface area contributed by atoms with Gasteiger partial charge in [-0.15, -0.1) is 0 Å². The summed E-state index contributed by atoms with van der Waals surface area (Å²) in [7, 11) is 0. The van der Waals surface area contributed by atoms with Crippen LogP contribution in [0, 0.1) is 46.8 Å². The molecule has 1 saturated heterocycles. The molecule has 0 radical (unpaired) electrons. The molecule has 7 fully saturated rings. The van der Waals surface area contributed by atoms with Crippen molar-refractivity contribution in [3.8, 4) is 0 Å². The molecular weight excluding hydrogens is 594 g/mol. The zero-order valence-electron chi connectivity index (χ0n) is 27.6. The number of nitrogens with two attached hydrogens (primary N) is 1. The van der Waals surface area contributed by atoms with E-state index >= 15 is 0 Å². The van der Waals surface area contributed by atoms with Crippen molar-refractivity contribution in [1.82, 2.24) is 20.9 Å². The van der Waals surface area contributed by atoms with E-state index in [1.807, 2.05) is 12.1 Å². The summed E-state index contributed by atoms with van der Waals surface area (Å²) in [5, 5.41) is 9.43. The van der Waals surface area contributed by atoms with E-state index < -0.39 is 35.7 Å². The molecule has 5 amide bonds. The van der Waals surface area contributed by atoms with E-state index in [0.29, 0.717) is 43.6 Å². The fourth-order valence-corrected chi connectivity index (χ4v) is 11.2. The van der Waals surface area contributed by atoms with Crippen LogP contribution < -0.4 is 21.7 Å². The van der Waals surface area contributed by atoms with Gasteiger partial charge >= 0.3 is 6.03 Å². The van der Waals surface area contributed by atoms with Gasteiger partial charge in [0.1, 0.15) is 12.1 Å². The summed E-state index contributed by atoms with van der Waals surface area (Å²) in [4.78, 5) is 69.0.